The average Bonchev–Trinajstić information content (AvgIpc) is 2.73. The van der Waals surface area contributed by atoms with E-state index in [1.807, 2.05) is 11.9 Å². The van der Waals surface area contributed by atoms with Crippen LogP contribution in [0.15, 0.2) is 18.2 Å². The van der Waals surface area contributed by atoms with Crippen LogP contribution < -0.4 is 0 Å². The van der Waals surface area contributed by atoms with Crippen LogP contribution in [0.3, 0.4) is 0 Å². The van der Waals surface area contributed by atoms with Crippen LogP contribution >= 0.6 is 0 Å². The van der Waals surface area contributed by atoms with Gasteiger partial charge in [-0.25, -0.2) is 0 Å². The highest BCUT2D eigenvalue weighted by Crippen LogP contribution is 2.32. The van der Waals surface area contributed by atoms with Gasteiger partial charge in [-0.2, -0.15) is 0 Å². The zero-order valence-corrected chi connectivity index (χ0v) is 16.2. The predicted molar refractivity (Wildman–Crippen MR) is 101 cm³/mol. The van der Waals surface area contributed by atoms with Crippen molar-refractivity contribution in [1.29, 1.82) is 0 Å². The monoisotopic (exact) mass is 358 g/mol. The van der Waals surface area contributed by atoms with Crippen molar-refractivity contribution >= 4 is 11.8 Å². The van der Waals surface area contributed by atoms with Crippen LogP contribution in [0.25, 0.3) is 0 Å². The molecule has 0 aliphatic carbocycles. The van der Waals surface area contributed by atoms with Gasteiger partial charge in [0, 0.05) is 33.1 Å². The first-order valence-corrected chi connectivity index (χ1v) is 9.60. The van der Waals surface area contributed by atoms with Crippen LogP contribution in [-0.4, -0.2) is 60.5 Å². The fraction of sp³-hybridized carbons (Fsp3) is 0.619. The van der Waals surface area contributed by atoms with Crippen molar-refractivity contribution in [2.45, 2.75) is 51.6 Å². The first-order valence-electron chi connectivity index (χ1n) is 9.60. The van der Waals surface area contributed by atoms with Crippen molar-refractivity contribution in [3.8, 4) is 0 Å². The molecule has 0 atom stereocenters. The summed E-state index contributed by atoms with van der Waals surface area (Å²) in [5.41, 5.74) is 3.39. The zero-order chi connectivity index (χ0) is 18.7. The van der Waals surface area contributed by atoms with E-state index in [-0.39, 0.29) is 17.4 Å². The van der Waals surface area contributed by atoms with Gasteiger partial charge in [-0.15, -0.1) is 0 Å². The Labute approximate surface area is 156 Å². The van der Waals surface area contributed by atoms with Gasteiger partial charge >= 0.3 is 0 Å². The van der Waals surface area contributed by atoms with Crippen molar-refractivity contribution in [1.82, 2.24) is 9.80 Å². The van der Waals surface area contributed by atoms with Gasteiger partial charge < -0.3 is 14.5 Å². The van der Waals surface area contributed by atoms with Crippen molar-refractivity contribution in [2.24, 2.45) is 0 Å². The highest BCUT2D eigenvalue weighted by molar-refractivity contribution is 5.78. The lowest BCUT2D eigenvalue weighted by Gasteiger charge is -2.40. The minimum absolute atomic E-state index is 0.150. The van der Waals surface area contributed by atoms with Crippen LogP contribution in [0, 0.1) is 13.8 Å². The number of aryl methyl sites for hydroxylation is 3. The number of rotatable bonds is 3. The number of piperidine rings is 1. The molecule has 2 heterocycles. The van der Waals surface area contributed by atoms with Crippen LogP contribution in [0.4, 0.5) is 0 Å². The topological polar surface area (TPSA) is 49.9 Å². The van der Waals surface area contributed by atoms with E-state index in [4.69, 9.17) is 4.74 Å². The van der Waals surface area contributed by atoms with Gasteiger partial charge in [0.1, 0.15) is 0 Å². The van der Waals surface area contributed by atoms with Crippen molar-refractivity contribution in [2.75, 3.05) is 33.3 Å². The summed E-state index contributed by atoms with van der Waals surface area (Å²) in [6.07, 6.45) is 3.27. The second-order valence-electron chi connectivity index (χ2n) is 7.83. The van der Waals surface area contributed by atoms with Gasteiger partial charge in [0.2, 0.25) is 11.8 Å². The van der Waals surface area contributed by atoms with E-state index in [1.165, 1.54) is 16.7 Å². The third kappa shape index (κ3) is 4.26. The summed E-state index contributed by atoms with van der Waals surface area (Å²) in [5.74, 6) is 0.356. The van der Waals surface area contributed by atoms with E-state index in [0.29, 0.717) is 39.1 Å². The molecule has 1 spiro atoms. The number of nitrogens with zero attached hydrogens (tertiary/aromatic N) is 2. The lowest BCUT2D eigenvalue weighted by molar-refractivity contribution is -0.141. The van der Waals surface area contributed by atoms with Crippen LogP contribution in [-0.2, 0) is 20.7 Å². The van der Waals surface area contributed by atoms with E-state index in [2.05, 4.69) is 32.0 Å². The first-order chi connectivity index (χ1) is 12.4. The molecular formula is C21H30N2O3. The molecule has 1 aromatic carbocycles. The summed E-state index contributed by atoms with van der Waals surface area (Å²) >= 11 is 0. The lowest BCUT2D eigenvalue weighted by atomic mass is 9.87. The summed E-state index contributed by atoms with van der Waals surface area (Å²) in [6, 6.07) is 6.40. The Hall–Kier alpha value is -1.88. The highest BCUT2D eigenvalue weighted by atomic mass is 16.5. The Bertz CT molecular complexity index is 678. The van der Waals surface area contributed by atoms with Crippen molar-refractivity contribution in [3.63, 3.8) is 0 Å². The molecule has 0 bridgehead atoms. The van der Waals surface area contributed by atoms with Crippen LogP contribution in [0.1, 0.15) is 42.4 Å². The van der Waals surface area contributed by atoms with E-state index in [1.54, 1.807) is 4.90 Å². The van der Waals surface area contributed by atoms with E-state index >= 15 is 0 Å². The summed E-state index contributed by atoms with van der Waals surface area (Å²) in [4.78, 5) is 28.5. The maximum Gasteiger partial charge on any atom is 0.225 e. The molecule has 2 aliphatic heterocycles. The fourth-order valence-corrected chi connectivity index (χ4v) is 4.00. The van der Waals surface area contributed by atoms with Crippen molar-refractivity contribution < 1.29 is 14.3 Å². The number of hydrogen-bond acceptors (Lipinski definition) is 3. The molecule has 142 valence electrons. The molecule has 3 rings (SSSR count). The molecule has 2 saturated heterocycles. The summed E-state index contributed by atoms with van der Waals surface area (Å²) in [6.45, 7) is 6.80. The number of carbonyl (C=O) groups excluding carboxylic acids is 2. The minimum Gasteiger partial charge on any atom is -0.372 e. The Morgan fingerprint density at radius 2 is 1.92 bits per heavy atom. The normalized spacial score (nSPS) is 20.3. The predicted octanol–water partition coefficient (Wildman–Crippen LogP) is 2.48. The zero-order valence-electron chi connectivity index (χ0n) is 16.2. The van der Waals surface area contributed by atoms with Gasteiger partial charge in [0.05, 0.1) is 18.6 Å². The Kier molecular flexibility index (Phi) is 5.66. The molecule has 0 aromatic heterocycles. The number of carbonyl (C=O) groups is 2. The molecule has 5 heteroatoms. The summed E-state index contributed by atoms with van der Waals surface area (Å²) < 4.78 is 6.06. The van der Waals surface area contributed by atoms with Gasteiger partial charge in [-0.05, 0) is 44.2 Å². The highest BCUT2D eigenvalue weighted by Gasteiger charge is 2.40. The molecule has 2 aliphatic rings. The standard InChI is InChI=1S/C21H30N2O3/c1-16-4-5-18(17(2)14-16)6-7-19(24)23-10-8-21(9-11-23)15-20(25)22(3)12-13-26-21/h4-5,14H,6-13,15H2,1-3H3. The van der Waals surface area contributed by atoms with Crippen molar-refractivity contribution in [3.05, 3.63) is 34.9 Å². The average molecular weight is 358 g/mol. The SMILES string of the molecule is Cc1ccc(CCC(=O)N2CCC3(CC2)CC(=O)N(C)CCO3)c(C)c1. The molecule has 0 saturated carbocycles. The third-order valence-corrected chi connectivity index (χ3v) is 5.87. The second-order valence-corrected chi connectivity index (χ2v) is 7.83. The van der Waals surface area contributed by atoms with E-state index < -0.39 is 0 Å². The third-order valence-electron chi connectivity index (χ3n) is 5.87. The first kappa shape index (κ1) is 18.9. The number of ether oxygens (including phenoxy) is 1. The molecular weight excluding hydrogens is 328 g/mol. The molecule has 2 fully saturated rings. The molecule has 0 radical (unpaired) electrons. The number of hydrogen-bond donors (Lipinski definition) is 0. The van der Waals surface area contributed by atoms with Gasteiger partial charge in [0.15, 0.2) is 0 Å². The number of likely N-dealkylation sites (N-methyl/N-ethyl adjacent to an activating group) is 1. The Balaban J connectivity index is 1.52. The van der Waals surface area contributed by atoms with Gasteiger partial charge in [-0.3, -0.25) is 9.59 Å². The quantitative estimate of drug-likeness (QED) is 0.834. The van der Waals surface area contributed by atoms with Gasteiger partial charge in [-0.1, -0.05) is 23.8 Å². The Morgan fingerprint density at radius 3 is 2.62 bits per heavy atom. The number of likely N-dealkylation sites (tertiary alicyclic amines) is 1. The molecule has 5 nitrogen and oxygen atoms in total. The maximum absolute atomic E-state index is 12.6. The van der Waals surface area contributed by atoms with Crippen LogP contribution in [0.2, 0.25) is 0 Å². The maximum atomic E-state index is 12.6. The molecule has 0 N–H and O–H groups in total. The van der Waals surface area contributed by atoms with Crippen LogP contribution in [0.5, 0.6) is 0 Å². The lowest BCUT2D eigenvalue weighted by Crippen LogP contribution is -2.49. The Morgan fingerprint density at radius 1 is 1.19 bits per heavy atom. The summed E-state index contributed by atoms with van der Waals surface area (Å²) in [5, 5.41) is 0. The molecule has 0 unspecified atom stereocenters. The second kappa shape index (κ2) is 7.78. The smallest absolute Gasteiger partial charge is 0.225 e. The van der Waals surface area contributed by atoms with E-state index in [0.717, 1.165) is 19.3 Å². The fourth-order valence-electron chi connectivity index (χ4n) is 4.00. The molecule has 26 heavy (non-hydrogen) atoms. The molecule has 1 aromatic rings. The minimum atomic E-state index is -0.369. The number of amides is 2. The largest absolute Gasteiger partial charge is 0.372 e. The molecule has 2 amide bonds. The van der Waals surface area contributed by atoms with Gasteiger partial charge in [0.25, 0.3) is 0 Å². The van der Waals surface area contributed by atoms with E-state index in [9.17, 15) is 9.59 Å². The number of benzene rings is 1. The summed E-state index contributed by atoms with van der Waals surface area (Å²) in [7, 11) is 1.83.